The zero-order valence-corrected chi connectivity index (χ0v) is 13.9. The Balaban J connectivity index is 1.51. The Bertz CT molecular complexity index is 781. The van der Waals surface area contributed by atoms with E-state index in [0.29, 0.717) is 13.2 Å². The fraction of sp³-hybridized carbons (Fsp3) is 0.200. The third kappa shape index (κ3) is 5.28. The van der Waals surface area contributed by atoms with Crippen LogP contribution in [-0.2, 0) is 12.8 Å². The number of hydrogen-bond acceptors (Lipinski definition) is 4. The number of benzene rings is 2. The summed E-state index contributed by atoms with van der Waals surface area (Å²) in [5.41, 5.74) is 2.36. The number of aromatic nitrogens is 2. The molecule has 3 rings (SSSR count). The van der Waals surface area contributed by atoms with Crippen molar-refractivity contribution in [2.45, 2.75) is 12.8 Å². The summed E-state index contributed by atoms with van der Waals surface area (Å²) in [6.07, 6.45) is 2.67. The SMILES string of the molecule is Fc1cnc(OCCc2ccccc2)nc1NCCc1ccccc1. The van der Waals surface area contributed by atoms with Crippen LogP contribution in [0.15, 0.2) is 66.9 Å². The molecule has 2 aromatic carbocycles. The number of ether oxygens (including phenoxy) is 1. The van der Waals surface area contributed by atoms with Crippen molar-refractivity contribution in [3.05, 3.63) is 83.8 Å². The van der Waals surface area contributed by atoms with Crippen LogP contribution in [0.2, 0.25) is 0 Å². The van der Waals surface area contributed by atoms with E-state index in [1.165, 1.54) is 11.1 Å². The maximum absolute atomic E-state index is 13.8. The van der Waals surface area contributed by atoms with Crippen molar-refractivity contribution in [3.63, 3.8) is 0 Å². The smallest absolute Gasteiger partial charge is 0.318 e. The zero-order chi connectivity index (χ0) is 17.3. The highest BCUT2D eigenvalue weighted by molar-refractivity contribution is 5.36. The molecule has 0 unspecified atom stereocenters. The molecule has 0 amide bonds. The summed E-state index contributed by atoms with van der Waals surface area (Å²) in [7, 11) is 0. The number of nitrogens with zero attached hydrogens (tertiary/aromatic N) is 2. The van der Waals surface area contributed by atoms with Gasteiger partial charge in [-0.3, -0.25) is 0 Å². The van der Waals surface area contributed by atoms with E-state index in [-0.39, 0.29) is 11.8 Å². The van der Waals surface area contributed by atoms with E-state index < -0.39 is 5.82 Å². The van der Waals surface area contributed by atoms with Gasteiger partial charge in [-0.05, 0) is 17.5 Å². The van der Waals surface area contributed by atoms with Gasteiger partial charge >= 0.3 is 6.01 Å². The summed E-state index contributed by atoms with van der Waals surface area (Å²) in [6.45, 7) is 1.03. The van der Waals surface area contributed by atoms with Crippen molar-refractivity contribution in [2.24, 2.45) is 0 Å². The third-order valence-electron chi connectivity index (χ3n) is 3.74. The van der Waals surface area contributed by atoms with E-state index in [1.54, 1.807) is 0 Å². The number of halogens is 1. The Labute approximate surface area is 146 Å². The first kappa shape index (κ1) is 16.9. The molecule has 0 radical (unpaired) electrons. The fourth-order valence-corrected chi connectivity index (χ4v) is 2.42. The van der Waals surface area contributed by atoms with Gasteiger partial charge in [-0.2, -0.15) is 4.98 Å². The van der Waals surface area contributed by atoms with Crippen LogP contribution in [0.25, 0.3) is 0 Å². The summed E-state index contributed by atoms with van der Waals surface area (Å²) in [4.78, 5) is 8.00. The molecule has 0 fully saturated rings. The normalized spacial score (nSPS) is 10.4. The van der Waals surface area contributed by atoms with Crippen molar-refractivity contribution >= 4 is 5.82 Å². The molecule has 3 aromatic rings. The van der Waals surface area contributed by atoms with Crippen LogP contribution in [0.5, 0.6) is 6.01 Å². The molecule has 0 spiro atoms. The van der Waals surface area contributed by atoms with Crippen LogP contribution in [0.3, 0.4) is 0 Å². The molecule has 0 aliphatic heterocycles. The Hall–Kier alpha value is -2.95. The second-order valence-corrected chi connectivity index (χ2v) is 5.60. The van der Waals surface area contributed by atoms with Gasteiger partial charge in [-0.15, -0.1) is 0 Å². The quantitative estimate of drug-likeness (QED) is 0.677. The lowest BCUT2D eigenvalue weighted by Crippen LogP contribution is -2.10. The van der Waals surface area contributed by atoms with Gasteiger partial charge in [0.15, 0.2) is 11.6 Å². The molecular formula is C20H20FN3O. The third-order valence-corrected chi connectivity index (χ3v) is 3.74. The molecule has 0 bridgehead atoms. The van der Waals surface area contributed by atoms with Crippen molar-refractivity contribution in [1.29, 1.82) is 0 Å². The summed E-state index contributed by atoms with van der Waals surface area (Å²) in [5, 5.41) is 3.00. The van der Waals surface area contributed by atoms with E-state index in [2.05, 4.69) is 15.3 Å². The monoisotopic (exact) mass is 337 g/mol. The Morgan fingerprint density at radius 2 is 1.52 bits per heavy atom. The van der Waals surface area contributed by atoms with E-state index in [9.17, 15) is 4.39 Å². The first-order valence-corrected chi connectivity index (χ1v) is 8.28. The number of rotatable bonds is 8. The maximum Gasteiger partial charge on any atom is 0.318 e. The predicted molar refractivity (Wildman–Crippen MR) is 96.3 cm³/mol. The van der Waals surface area contributed by atoms with Gasteiger partial charge in [0.25, 0.3) is 0 Å². The van der Waals surface area contributed by atoms with Gasteiger partial charge in [-0.1, -0.05) is 60.7 Å². The van der Waals surface area contributed by atoms with Crippen LogP contribution in [0, 0.1) is 5.82 Å². The van der Waals surface area contributed by atoms with Crippen molar-refractivity contribution in [1.82, 2.24) is 9.97 Å². The highest BCUT2D eigenvalue weighted by Crippen LogP contribution is 2.14. The first-order chi connectivity index (χ1) is 12.3. The van der Waals surface area contributed by atoms with Gasteiger partial charge < -0.3 is 10.1 Å². The Morgan fingerprint density at radius 1 is 0.880 bits per heavy atom. The van der Waals surface area contributed by atoms with Crippen LogP contribution >= 0.6 is 0 Å². The van der Waals surface area contributed by atoms with Crippen LogP contribution in [-0.4, -0.2) is 23.1 Å². The van der Waals surface area contributed by atoms with E-state index in [4.69, 9.17) is 4.74 Å². The van der Waals surface area contributed by atoms with E-state index in [1.807, 2.05) is 60.7 Å². The van der Waals surface area contributed by atoms with Crippen LogP contribution in [0.4, 0.5) is 10.2 Å². The standard InChI is InChI=1S/C20H20FN3O/c21-18-15-23-20(25-14-12-17-9-5-2-6-10-17)24-19(18)22-13-11-16-7-3-1-4-8-16/h1-10,15H,11-14H2,(H,22,23,24). The lowest BCUT2D eigenvalue weighted by Gasteiger charge is -2.09. The minimum atomic E-state index is -0.483. The van der Waals surface area contributed by atoms with Gasteiger partial charge in [0.1, 0.15) is 0 Å². The lowest BCUT2D eigenvalue weighted by molar-refractivity contribution is 0.295. The average molecular weight is 337 g/mol. The van der Waals surface area contributed by atoms with Crippen molar-refractivity contribution < 1.29 is 9.13 Å². The molecule has 25 heavy (non-hydrogen) atoms. The van der Waals surface area contributed by atoms with Crippen molar-refractivity contribution in [3.8, 4) is 6.01 Å². The zero-order valence-electron chi connectivity index (χ0n) is 13.9. The predicted octanol–water partition coefficient (Wildman–Crippen LogP) is 3.89. The molecule has 1 N–H and O–H groups in total. The minimum absolute atomic E-state index is 0.167. The van der Waals surface area contributed by atoms with E-state index >= 15 is 0 Å². The Kier molecular flexibility index (Phi) is 5.93. The molecule has 0 saturated carbocycles. The summed E-state index contributed by atoms with van der Waals surface area (Å²) < 4.78 is 19.4. The summed E-state index contributed by atoms with van der Waals surface area (Å²) >= 11 is 0. The minimum Gasteiger partial charge on any atom is -0.463 e. The van der Waals surface area contributed by atoms with Gasteiger partial charge in [0, 0.05) is 13.0 Å². The molecule has 0 aliphatic rings. The molecule has 4 nitrogen and oxygen atoms in total. The average Bonchev–Trinajstić information content (AvgIpc) is 2.66. The molecule has 0 saturated heterocycles. The van der Waals surface area contributed by atoms with Crippen LogP contribution < -0.4 is 10.1 Å². The summed E-state index contributed by atoms with van der Waals surface area (Å²) in [6, 6.07) is 20.2. The van der Waals surface area contributed by atoms with Gasteiger partial charge in [-0.25, -0.2) is 9.37 Å². The molecule has 0 aliphatic carbocycles. The van der Waals surface area contributed by atoms with Gasteiger partial charge in [0.2, 0.25) is 0 Å². The highest BCUT2D eigenvalue weighted by Gasteiger charge is 2.07. The number of hydrogen-bond donors (Lipinski definition) is 1. The Morgan fingerprint density at radius 3 is 2.20 bits per heavy atom. The first-order valence-electron chi connectivity index (χ1n) is 8.28. The fourth-order valence-electron chi connectivity index (χ4n) is 2.42. The molecule has 128 valence electrons. The van der Waals surface area contributed by atoms with Crippen molar-refractivity contribution in [2.75, 3.05) is 18.5 Å². The largest absolute Gasteiger partial charge is 0.463 e. The highest BCUT2D eigenvalue weighted by atomic mass is 19.1. The van der Waals surface area contributed by atoms with Crippen LogP contribution in [0.1, 0.15) is 11.1 Å². The molecule has 5 heteroatoms. The maximum atomic E-state index is 13.8. The van der Waals surface area contributed by atoms with E-state index in [0.717, 1.165) is 19.0 Å². The topological polar surface area (TPSA) is 47.0 Å². The molecule has 1 heterocycles. The van der Waals surface area contributed by atoms with Gasteiger partial charge in [0.05, 0.1) is 12.8 Å². The summed E-state index contributed by atoms with van der Waals surface area (Å²) in [5.74, 6) is -0.316. The second-order valence-electron chi connectivity index (χ2n) is 5.60. The second kappa shape index (κ2) is 8.78. The number of nitrogens with one attached hydrogen (secondary N) is 1. The lowest BCUT2D eigenvalue weighted by atomic mass is 10.1. The molecular weight excluding hydrogens is 317 g/mol. The molecule has 1 aromatic heterocycles. The molecule has 0 atom stereocenters. The number of anilines is 1.